The van der Waals surface area contributed by atoms with Crippen molar-refractivity contribution in [3.8, 4) is 5.75 Å². The maximum atomic E-state index is 6.29. The number of hydrogen-bond acceptors (Lipinski definition) is 2. The summed E-state index contributed by atoms with van der Waals surface area (Å²) in [6.45, 7) is 4.93. The van der Waals surface area contributed by atoms with Crippen molar-refractivity contribution < 1.29 is 4.74 Å². The minimum absolute atomic E-state index is 0.0832. The van der Waals surface area contributed by atoms with E-state index in [0.717, 1.165) is 29.9 Å². The van der Waals surface area contributed by atoms with Crippen LogP contribution in [0.4, 0.5) is 0 Å². The van der Waals surface area contributed by atoms with E-state index in [2.05, 4.69) is 32.0 Å². The summed E-state index contributed by atoms with van der Waals surface area (Å²) in [4.78, 5) is 0. The van der Waals surface area contributed by atoms with E-state index in [1.54, 1.807) is 0 Å². The van der Waals surface area contributed by atoms with E-state index in [0.29, 0.717) is 0 Å². The lowest BCUT2D eigenvalue weighted by Gasteiger charge is -2.14. The third-order valence-corrected chi connectivity index (χ3v) is 3.11. The van der Waals surface area contributed by atoms with Gasteiger partial charge in [-0.2, -0.15) is 0 Å². The highest BCUT2D eigenvalue weighted by Gasteiger charge is 2.08. The molecule has 2 rings (SSSR count). The SMILES string of the molecule is CCCOc1ccc(C(N)c2cccc(C)c2)cc1. The van der Waals surface area contributed by atoms with E-state index >= 15 is 0 Å². The van der Waals surface area contributed by atoms with Crippen molar-refractivity contribution in [3.05, 3.63) is 65.2 Å². The Hall–Kier alpha value is -1.80. The van der Waals surface area contributed by atoms with Crippen molar-refractivity contribution in [2.75, 3.05) is 6.61 Å². The highest BCUT2D eigenvalue weighted by molar-refractivity contribution is 5.36. The molecular weight excluding hydrogens is 234 g/mol. The minimum Gasteiger partial charge on any atom is -0.494 e. The lowest BCUT2D eigenvalue weighted by molar-refractivity contribution is 0.317. The molecule has 19 heavy (non-hydrogen) atoms. The van der Waals surface area contributed by atoms with Crippen LogP contribution in [0.15, 0.2) is 48.5 Å². The molecule has 0 saturated carbocycles. The lowest BCUT2D eigenvalue weighted by Crippen LogP contribution is -2.11. The van der Waals surface area contributed by atoms with Crippen LogP contribution in [0.25, 0.3) is 0 Å². The molecule has 2 nitrogen and oxygen atoms in total. The monoisotopic (exact) mass is 255 g/mol. The van der Waals surface area contributed by atoms with Gasteiger partial charge in [0, 0.05) is 0 Å². The molecular formula is C17H21NO. The molecule has 0 aliphatic carbocycles. The zero-order valence-corrected chi connectivity index (χ0v) is 11.6. The van der Waals surface area contributed by atoms with Crippen LogP contribution >= 0.6 is 0 Å². The van der Waals surface area contributed by atoms with Crippen molar-refractivity contribution in [2.45, 2.75) is 26.3 Å². The summed E-state index contributed by atoms with van der Waals surface area (Å²) in [5.74, 6) is 0.905. The summed E-state index contributed by atoms with van der Waals surface area (Å²) in [6, 6.07) is 16.3. The molecule has 0 aliphatic rings. The normalized spacial score (nSPS) is 12.2. The molecule has 0 heterocycles. The zero-order valence-electron chi connectivity index (χ0n) is 11.6. The van der Waals surface area contributed by atoms with Gasteiger partial charge in [-0.15, -0.1) is 0 Å². The maximum absolute atomic E-state index is 6.29. The van der Waals surface area contributed by atoms with Crippen LogP contribution in [0.2, 0.25) is 0 Å². The topological polar surface area (TPSA) is 35.2 Å². The Morgan fingerprint density at radius 2 is 1.79 bits per heavy atom. The third-order valence-electron chi connectivity index (χ3n) is 3.11. The molecule has 2 aromatic carbocycles. The van der Waals surface area contributed by atoms with Crippen LogP contribution in [0.5, 0.6) is 5.75 Å². The highest BCUT2D eigenvalue weighted by atomic mass is 16.5. The maximum Gasteiger partial charge on any atom is 0.119 e. The Kier molecular flexibility index (Phi) is 4.58. The molecule has 2 N–H and O–H groups in total. The molecule has 0 aliphatic heterocycles. The van der Waals surface area contributed by atoms with Gasteiger partial charge in [0.05, 0.1) is 12.6 Å². The Bertz CT molecular complexity index is 519. The number of aryl methyl sites for hydroxylation is 1. The fraction of sp³-hybridized carbons (Fsp3) is 0.294. The number of rotatable bonds is 5. The minimum atomic E-state index is -0.0832. The second kappa shape index (κ2) is 6.39. The molecule has 1 atom stereocenters. The molecule has 100 valence electrons. The van der Waals surface area contributed by atoms with Crippen LogP contribution in [0, 0.1) is 6.92 Å². The summed E-state index contributed by atoms with van der Waals surface area (Å²) in [5.41, 5.74) is 9.77. The molecule has 0 spiro atoms. The number of ether oxygens (including phenoxy) is 1. The van der Waals surface area contributed by atoms with Crippen molar-refractivity contribution in [1.82, 2.24) is 0 Å². The lowest BCUT2D eigenvalue weighted by atomic mass is 9.98. The Morgan fingerprint density at radius 3 is 2.42 bits per heavy atom. The van der Waals surface area contributed by atoms with E-state index in [1.165, 1.54) is 5.56 Å². The fourth-order valence-electron chi connectivity index (χ4n) is 2.05. The van der Waals surface area contributed by atoms with Crippen molar-refractivity contribution in [1.29, 1.82) is 0 Å². The molecule has 0 radical (unpaired) electrons. The molecule has 0 fully saturated rings. The van der Waals surface area contributed by atoms with Crippen LogP contribution in [0.1, 0.15) is 36.1 Å². The standard InChI is InChI=1S/C17H21NO/c1-3-11-19-16-9-7-14(8-10-16)17(18)15-6-4-5-13(2)12-15/h4-10,12,17H,3,11,18H2,1-2H3. The second-order valence-corrected chi connectivity index (χ2v) is 4.81. The largest absolute Gasteiger partial charge is 0.494 e. The predicted octanol–water partition coefficient (Wildman–Crippen LogP) is 3.83. The van der Waals surface area contributed by atoms with Gasteiger partial charge in [-0.1, -0.05) is 48.9 Å². The summed E-state index contributed by atoms with van der Waals surface area (Å²) in [5, 5.41) is 0. The highest BCUT2D eigenvalue weighted by Crippen LogP contribution is 2.22. The van der Waals surface area contributed by atoms with Crippen molar-refractivity contribution in [3.63, 3.8) is 0 Å². The number of nitrogens with two attached hydrogens (primary N) is 1. The van der Waals surface area contributed by atoms with Gasteiger partial charge in [0.15, 0.2) is 0 Å². The Labute approximate surface area is 115 Å². The Morgan fingerprint density at radius 1 is 1.05 bits per heavy atom. The van der Waals surface area contributed by atoms with Gasteiger partial charge < -0.3 is 10.5 Å². The first-order valence-electron chi connectivity index (χ1n) is 6.75. The average Bonchev–Trinajstić information content (AvgIpc) is 2.45. The first-order valence-corrected chi connectivity index (χ1v) is 6.75. The van der Waals surface area contributed by atoms with Crippen LogP contribution in [0.3, 0.4) is 0 Å². The van der Waals surface area contributed by atoms with Crippen LogP contribution in [-0.4, -0.2) is 6.61 Å². The fourth-order valence-corrected chi connectivity index (χ4v) is 2.05. The zero-order chi connectivity index (χ0) is 13.7. The summed E-state index contributed by atoms with van der Waals surface area (Å²) >= 11 is 0. The molecule has 2 aromatic rings. The quantitative estimate of drug-likeness (QED) is 0.881. The molecule has 2 heteroatoms. The smallest absolute Gasteiger partial charge is 0.119 e. The van der Waals surface area contributed by atoms with E-state index in [4.69, 9.17) is 10.5 Å². The molecule has 1 unspecified atom stereocenters. The summed E-state index contributed by atoms with van der Waals surface area (Å²) in [6.07, 6.45) is 1.02. The first kappa shape index (κ1) is 13.6. The van der Waals surface area contributed by atoms with Crippen molar-refractivity contribution >= 4 is 0 Å². The van der Waals surface area contributed by atoms with E-state index in [-0.39, 0.29) is 6.04 Å². The molecule has 0 saturated heterocycles. The summed E-state index contributed by atoms with van der Waals surface area (Å²) in [7, 11) is 0. The molecule has 0 amide bonds. The van der Waals surface area contributed by atoms with E-state index in [1.807, 2.05) is 30.3 Å². The van der Waals surface area contributed by atoms with Crippen LogP contribution < -0.4 is 10.5 Å². The van der Waals surface area contributed by atoms with Gasteiger partial charge in [0.25, 0.3) is 0 Å². The van der Waals surface area contributed by atoms with E-state index < -0.39 is 0 Å². The van der Waals surface area contributed by atoms with Gasteiger partial charge in [-0.3, -0.25) is 0 Å². The van der Waals surface area contributed by atoms with Gasteiger partial charge in [-0.25, -0.2) is 0 Å². The third kappa shape index (κ3) is 3.58. The van der Waals surface area contributed by atoms with Gasteiger partial charge in [0.2, 0.25) is 0 Å². The van der Waals surface area contributed by atoms with E-state index in [9.17, 15) is 0 Å². The first-order chi connectivity index (χ1) is 9.20. The predicted molar refractivity (Wildman–Crippen MR) is 79.4 cm³/mol. The molecule has 0 bridgehead atoms. The Balaban J connectivity index is 2.13. The van der Waals surface area contributed by atoms with Gasteiger partial charge in [0.1, 0.15) is 5.75 Å². The van der Waals surface area contributed by atoms with Crippen molar-refractivity contribution in [2.24, 2.45) is 5.73 Å². The second-order valence-electron chi connectivity index (χ2n) is 4.81. The molecule has 0 aromatic heterocycles. The summed E-state index contributed by atoms with van der Waals surface area (Å²) < 4.78 is 5.57. The van der Waals surface area contributed by atoms with Gasteiger partial charge >= 0.3 is 0 Å². The van der Waals surface area contributed by atoms with Crippen LogP contribution in [-0.2, 0) is 0 Å². The average molecular weight is 255 g/mol. The van der Waals surface area contributed by atoms with Gasteiger partial charge in [-0.05, 0) is 36.6 Å². The number of hydrogen-bond donors (Lipinski definition) is 1. The number of benzene rings is 2.